The summed E-state index contributed by atoms with van der Waals surface area (Å²) in [5.41, 5.74) is 2.62. The van der Waals surface area contributed by atoms with Crippen LogP contribution in [0.2, 0.25) is 25.7 Å². The van der Waals surface area contributed by atoms with Crippen LogP contribution < -0.4 is 5.46 Å². The maximum absolute atomic E-state index is 12.0. The van der Waals surface area contributed by atoms with E-state index in [2.05, 4.69) is 19.6 Å². The largest absolute Gasteiger partial charge is 0.465 e. The summed E-state index contributed by atoms with van der Waals surface area (Å²) in [6, 6.07) is 6.93. The fraction of sp³-hybridized carbons (Fsp3) is 0.438. The summed E-state index contributed by atoms with van der Waals surface area (Å²) in [6.07, 6.45) is 1.97. The Labute approximate surface area is 133 Å². The molecule has 0 aliphatic carbocycles. The van der Waals surface area contributed by atoms with Gasteiger partial charge in [-0.3, -0.25) is 0 Å². The Morgan fingerprint density at radius 2 is 2.00 bits per heavy atom. The quantitative estimate of drug-likeness (QED) is 0.465. The lowest BCUT2D eigenvalue weighted by Gasteiger charge is -2.16. The molecular weight excluding hydrogens is 293 g/mol. The molecule has 0 saturated heterocycles. The lowest BCUT2D eigenvalue weighted by Crippen LogP contribution is -2.22. The zero-order valence-electron chi connectivity index (χ0n) is 14.1. The normalized spacial score (nSPS) is 11.8. The molecule has 0 aliphatic heterocycles. The average molecular weight is 317 g/mol. The van der Waals surface area contributed by atoms with Gasteiger partial charge in [0.25, 0.3) is 0 Å². The number of methoxy groups -OCH3 is 1. The molecule has 0 atom stereocenters. The van der Waals surface area contributed by atoms with Gasteiger partial charge in [-0.05, 0) is 23.6 Å². The standard InChI is InChI=1S/C16H24BNO3Si/c1-20-16(19)13-5-6-14(17)12-7-8-18(15(12)13)11-21-9-10-22(2,3)4/h5-8H,9-11,17H2,1-4H3. The number of fused-ring (bicyclic) bond motifs is 1. The maximum atomic E-state index is 12.0. The molecule has 0 unspecified atom stereocenters. The van der Waals surface area contributed by atoms with Crippen molar-refractivity contribution >= 4 is 38.3 Å². The van der Waals surface area contributed by atoms with Gasteiger partial charge in [-0.15, -0.1) is 0 Å². The molecule has 118 valence electrons. The Morgan fingerprint density at radius 3 is 2.64 bits per heavy atom. The van der Waals surface area contributed by atoms with Crippen molar-refractivity contribution in [1.29, 1.82) is 0 Å². The first-order valence-electron chi connectivity index (χ1n) is 7.58. The molecular formula is C16H24BNO3Si. The first-order chi connectivity index (χ1) is 10.3. The van der Waals surface area contributed by atoms with Gasteiger partial charge in [-0.2, -0.15) is 0 Å². The number of carbonyl (C=O) groups is 1. The third-order valence-corrected chi connectivity index (χ3v) is 5.48. The Kier molecular flexibility index (Phi) is 5.13. The smallest absolute Gasteiger partial charge is 0.340 e. The molecule has 0 aliphatic rings. The van der Waals surface area contributed by atoms with Gasteiger partial charge in [-0.1, -0.05) is 31.2 Å². The monoisotopic (exact) mass is 317 g/mol. The number of nitrogens with zero attached hydrogens (tertiary/aromatic N) is 1. The van der Waals surface area contributed by atoms with Gasteiger partial charge in [0.1, 0.15) is 14.6 Å². The molecule has 2 rings (SSSR count). The van der Waals surface area contributed by atoms with Crippen molar-refractivity contribution in [2.45, 2.75) is 32.4 Å². The van der Waals surface area contributed by atoms with E-state index in [0.717, 1.165) is 29.0 Å². The van der Waals surface area contributed by atoms with Crippen LogP contribution in [0.4, 0.5) is 0 Å². The first kappa shape index (κ1) is 16.8. The zero-order chi connectivity index (χ0) is 16.3. The molecule has 0 bridgehead atoms. The van der Waals surface area contributed by atoms with Crippen molar-refractivity contribution in [3.8, 4) is 0 Å². The van der Waals surface area contributed by atoms with E-state index in [0.29, 0.717) is 12.3 Å². The zero-order valence-corrected chi connectivity index (χ0v) is 15.1. The summed E-state index contributed by atoms with van der Waals surface area (Å²) in [5.74, 6) is -0.313. The number of benzene rings is 1. The SMILES string of the molecule is Bc1ccc(C(=O)OC)c2c1ccn2COCC[Si](C)(C)C. The van der Waals surface area contributed by atoms with Crippen LogP contribution in [0, 0.1) is 0 Å². The van der Waals surface area contributed by atoms with E-state index in [1.807, 2.05) is 36.8 Å². The molecule has 0 N–H and O–H groups in total. The molecule has 0 saturated carbocycles. The fourth-order valence-corrected chi connectivity index (χ4v) is 3.15. The van der Waals surface area contributed by atoms with Crippen LogP contribution in [0.3, 0.4) is 0 Å². The number of carbonyl (C=O) groups excluding carboxylic acids is 1. The van der Waals surface area contributed by atoms with Crippen LogP contribution >= 0.6 is 0 Å². The minimum absolute atomic E-state index is 0.313. The molecule has 1 aromatic carbocycles. The Hall–Kier alpha value is -1.53. The number of hydrogen-bond donors (Lipinski definition) is 0. The van der Waals surface area contributed by atoms with Gasteiger partial charge in [0.15, 0.2) is 0 Å². The second-order valence-corrected chi connectivity index (χ2v) is 12.4. The molecule has 1 heterocycles. The van der Waals surface area contributed by atoms with Crippen LogP contribution in [0.15, 0.2) is 24.4 Å². The summed E-state index contributed by atoms with van der Waals surface area (Å²) in [5, 5.41) is 1.07. The third kappa shape index (κ3) is 3.81. The molecule has 6 heteroatoms. The summed E-state index contributed by atoms with van der Waals surface area (Å²) in [7, 11) is 2.37. The van der Waals surface area contributed by atoms with Crippen molar-refractivity contribution in [2.75, 3.05) is 13.7 Å². The van der Waals surface area contributed by atoms with Crippen LogP contribution in [0.5, 0.6) is 0 Å². The summed E-state index contributed by atoms with van der Waals surface area (Å²) in [6.45, 7) is 8.22. The van der Waals surface area contributed by atoms with E-state index in [-0.39, 0.29) is 5.97 Å². The van der Waals surface area contributed by atoms with Gasteiger partial charge < -0.3 is 14.0 Å². The summed E-state index contributed by atoms with van der Waals surface area (Å²) >= 11 is 0. The van der Waals surface area contributed by atoms with E-state index in [4.69, 9.17) is 9.47 Å². The molecule has 1 aromatic heterocycles. The molecule has 0 radical (unpaired) electrons. The Bertz CT molecular complexity index is 676. The predicted octanol–water partition coefficient (Wildman–Crippen LogP) is 2.00. The highest BCUT2D eigenvalue weighted by Crippen LogP contribution is 2.20. The topological polar surface area (TPSA) is 40.5 Å². The molecule has 0 amide bonds. The van der Waals surface area contributed by atoms with Gasteiger partial charge in [0.2, 0.25) is 0 Å². The van der Waals surface area contributed by atoms with E-state index in [9.17, 15) is 4.79 Å². The van der Waals surface area contributed by atoms with Crippen molar-refractivity contribution in [3.05, 3.63) is 30.0 Å². The van der Waals surface area contributed by atoms with Gasteiger partial charge >= 0.3 is 5.97 Å². The highest BCUT2D eigenvalue weighted by atomic mass is 28.3. The van der Waals surface area contributed by atoms with Crippen molar-refractivity contribution in [3.63, 3.8) is 0 Å². The number of esters is 1. The number of aromatic nitrogens is 1. The molecule has 0 fully saturated rings. The highest BCUT2D eigenvalue weighted by Gasteiger charge is 2.16. The number of ether oxygens (including phenoxy) is 2. The third-order valence-electron chi connectivity index (χ3n) is 3.78. The minimum Gasteiger partial charge on any atom is -0.465 e. The van der Waals surface area contributed by atoms with Crippen molar-refractivity contribution < 1.29 is 14.3 Å². The van der Waals surface area contributed by atoms with Gasteiger partial charge in [0.05, 0.1) is 18.2 Å². The van der Waals surface area contributed by atoms with Crippen LogP contribution in [-0.2, 0) is 16.2 Å². The molecule has 22 heavy (non-hydrogen) atoms. The maximum Gasteiger partial charge on any atom is 0.340 e. The predicted molar refractivity (Wildman–Crippen MR) is 95.6 cm³/mol. The lowest BCUT2D eigenvalue weighted by molar-refractivity contribution is 0.0601. The average Bonchev–Trinajstić information content (AvgIpc) is 2.87. The number of rotatable bonds is 6. The van der Waals surface area contributed by atoms with Gasteiger partial charge in [-0.25, -0.2) is 4.79 Å². The lowest BCUT2D eigenvalue weighted by atomic mass is 9.91. The van der Waals surface area contributed by atoms with Crippen molar-refractivity contribution in [1.82, 2.24) is 4.57 Å². The Balaban J connectivity index is 2.23. The minimum atomic E-state index is -1.08. The first-order valence-corrected chi connectivity index (χ1v) is 11.3. The summed E-state index contributed by atoms with van der Waals surface area (Å²) in [4.78, 5) is 12.0. The van der Waals surface area contributed by atoms with Crippen LogP contribution in [0.1, 0.15) is 10.4 Å². The highest BCUT2D eigenvalue weighted by molar-refractivity contribution is 6.76. The molecule has 4 nitrogen and oxygen atoms in total. The van der Waals surface area contributed by atoms with Crippen LogP contribution in [0.25, 0.3) is 10.9 Å². The second-order valence-electron chi connectivity index (χ2n) is 6.82. The van der Waals surface area contributed by atoms with Gasteiger partial charge in [0, 0.05) is 20.9 Å². The van der Waals surface area contributed by atoms with E-state index in [1.54, 1.807) is 0 Å². The summed E-state index contributed by atoms with van der Waals surface area (Å²) < 4.78 is 12.7. The molecule has 2 aromatic rings. The number of hydrogen-bond acceptors (Lipinski definition) is 3. The Morgan fingerprint density at radius 1 is 1.27 bits per heavy atom. The van der Waals surface area contributed by atoms with E-state index < -0.39 is 8.07 Å². The van der Waals surface area contributed by atoms with Crippen LogP contribution in [-0.4, -0.2) is 40.2 Å². The van der Waals surface area contributed by atoms with Crippen molar-refractivity contribution in [2.24, 2.45) is 0 Å². The molecule has 0 spiro atoms. The fourth-order valence-electron chi connectivity index (χ4n) is 2.39. The second kappa shape index (κ2) is 6.71. The van der Waals surface area contributed by atoms with E-state index >= 15 is 0 Å². The van der Waals surface area contributed by atoms with E-state index in [1.165, 1.54) is 7.11 Å².